The monoisotopic (exact) mass is 735 g/mol. The Labute approximate surface area is 304 Å². The lowest BCUT2D eigenvalue weighted by Gasteiger charge is -2.36. The number of pyridine rings is 1. The minimum atomic E-state index is -3.88. The van der Waals surface area contributed by atoms with E-state index in [2.05, 4.69) is 27.3 Å². The summed E-state index contributed by atoms with van der Waals surface area (Å²) in [6.07, 6.45) is 9.73. The van der Waals surface area contributed by atoms with E-state index in [9.17, 15) is 27.6 Å². The number of nitrogens with one attached hydrogen (secondary N) is 3. The molecule has 7 rings (SSSR count). The fourth-order valence-electron chi connectivity index (χ4n) is 7.97. The van der Waals surface area contributed by atoms with Gasteiger partial charge in [-0.2, -0.15) is 0 Å². The maximum Gasteiger partial charge on any atom is 0.408 e. The molecule has 13 nitrogen and oxygen atoms in total. The second-order valence-electron chi connectivity index (χ2n) is 16.4. The van der Waals surface area contributed by atoms with E-state index in [-0.39, 0.29) is 25.3 Å². The molecule has 1 aromatic heterocycles. The molecule has 3 N–H and O–H groups in total. The van der Waals surface area contributed by atoms with E-state index in [1.807, 2.05) is 36.4 Å². The second-order valence-corrected chi connectivity index (χ2v) is 18.4. The molecule has 0 bridgehead atoms. The van der Waals surface area contributed by atoms with Crippen molar-refractivity contribution in [1.29, 1.82) is 0 Å². The number of nitrogens with zero attached hydrogens (tertiary/aromatic N) is 2. The minimum Gasteiger partial charge on any atom is -0.483 e. The molecule has 1 aromatic carbocycles. The number of ether oxygens (including phenoxy) is 2. The van der Waals surface area contributed by atoms with Crippen LogP contribution in [0.3, 0.4) is 0 Å². The van der Waals surface area contributed by atoms with Crippen molar-refractivity contribution in [2.45, 2.75) is 126 Å². The summed E-state index contributed by atoms with van der Waals surface area (Å²) in [5, 5.41) is 6.09. The molecule has 3 aliphatic heterocycles. The Hall–Kier alpha value is -4.20. The number of carbonyl (C=O) groups excluding carboxylic acids is 4. The van der Waals surface area contributed by atoms with Crippen molar-refractivity contribution in [3.05, 3.63) is 48.2 Å². The van der Waals surface area contributed by atoms with Crippen molar-refractivity contribution < 1.29 is 37.1 Å². The van der Waals surface area contributed by atoms with Crippen molar-refractivity contribution in [3.63, 3.8) is 0 Å². The van der Waals surface area contributed by atoms with Gasteiger partial charge < -0.3 is 25.0 Å². The average molecular weight is 736 g/mol. The lowest BCUT2D eigenvalue weighted by molar-refractivity contribution is -0.141. The highest BCUT2D eigenvalue weighted by molar-refractivity contribution is 7.91. The van der Waals surface area contributed by atoms with E-state index in [0.717, 1.165) is 22.9 Å². The number of fused-ring (bicyclic) bond motifs is 5. The Kier molecular flexibility index (Phi) is 9.28. The Bertz CT molecular complexity index is 1920. The number of allylic oxidation sites excluding steroid dienone is 1. The number of aromatic nitrogens is 1. The number of carbonyl (C=O) groups is 4. The summed E-state index contributed by atoms with van der Waals surface area (Å²) in [5.74, 6) is -1.39. The summed E-state index contributed by atoms with van der Waals surface area (Å²) in [5.41, 5.74) is -1.37. The number of sulfonamides is 1. The number of para-hydroxylation sites is 1. The number of amides is 4. The van der Waals surface area contributed by atoms with Crippen molar-refractivity contribution in [3.8, 4) is 5.75 Å². The van der Waals surface area contributed by atoms with Crippen LogP contribution >= 0.6 is 0 Å². The molecule has 3 fully saturated rings. The zero-order chi connectivity index (χ0) is 37.1. The maximum absolute atomic E-state index is 14.7. The smallest absolute Gasteiger partial charge is 0.408 e. The first-order valence-electron chi connectivity index (χ1n) is 18.5. The highest BCUT2D eigenvalue weighted by atomic mass is 32.2. The first-order chi connectivity index (χ1) is 24.6. The van der Waals surface area contributed by atoms with Crippen LogP contribution in [-0.2, 0) is 35.6 Å². The molecule has 52 heavy (non-hydrogen) atoms. The Morgan fingerprint density at radius 1 is 1.10 bits per heavy atom. The zero-order valence-electron chi connectivity index (χ0n) is 30.3. The van der Waals surface area contributed by atoms with Gasteiger partial charge in [0.25, 0.3) is 5.91 Å². The number of aryl methyl sites for hydroxylation is 1. The fourth-order valence-corrected chi connectivity index (χ4v) is 9.33. The molecule has 1 spiro atoms. The number of benzene rings is 1. The molecule has 2 aliphatic carbocycles. The van der Waals surface area contributed by atoms with Gasteiger partial charge in [0.15, 0.2) is 0 Å². The molecule has 5 aliphatic rings. The number of rotatable bonds is 4. The zero-order valence-corrected chi connectivity index (χ0v) is 31.1. The third-order valence-electron chi connectivity index (χ3n) is 11.0. The third kappa shape index (κ3) is 7.35. The van der Waals surface area contributed by atoms with Gasteiger partial charge >= 0.3 is 6.09 Å². The van der Waals surface area contributed by atoms with E-state index < -0.39 is 73.8 Å². The quantitative estimate of drug-likeness (QED) is 0.392. The van der Waals surface area contributed by atoms with Crippen LogP contribution < -0.4 is 20.1 Å². The Balaban J connectivity index is 1.23. The molecule has 4 heterocycles. The molecule has 4 amide bonds. The van der Waals surface area contributed by atoms with E-state index in [1.54, 1.807) is 27.0 Å². The highest BCUT2D eigenvalue weighted by Crippen LogP contribution is 2.47. The predicted octanol–water partition coefficient (Wildman–Crippen LogP) is 4.04. The highest BCUT2D eigenvalue weighted by Gasteiger charge is 2.63. The normalized spacial score (nSPS) is 31.5. The fraction of sp³-hybridized carbons (Fsp3) is 0.605. The van der Waals surface area contributed by atoms with Gasteiger partial charge in [0.05, 0.1) is 23.5 Å². The first kappa shape index (κ1) is 36.2. The summed E-state index contributed by atoms with van der Waals surface area (Å²) in [7, 11) is -3.88. The molecule has 1 saturated heterocycles. The molecular formula is C38H49N5O8S. The standard InChI is InChI=1S/C38H49N5O8S/c1-23-9-7-11-24-19-38(24,34(46)42-52(48,49)25-15-16-25)41-32(44)30-20-37(18-17-27-26-12-5-6-13-28(26)39-21-31(27)50-37)22-43(30)33(45)29(14-8-10-23)40-35(47)51-36(2,3)4/h5-7,11-13,21,23-25,29-30H,8-10,14-20,22H2,1-4H3,(H,40,47)(H,41,44)(H,42,46)/b11-7-/t23?,24-,29+,30+,37-,38-/m1/s1. The number of alkyl carbamates (subject to hydrolysis) is 1. The lowest BCUT2D eigenvalue weighted by atomic mass is 9.87. The Morgan fingerprint density at radius 3 is 2.62 bits per heavy atom. The largest absolute Gasteiger partial charge is 0.483 e. The van der Waals surface area contributed by atoms with Gasteiger partial charge in [0.1, 0.15) is 34.6 Å². The van der Waals surface area contributed by atoms with Crippen molar-refractivity contribution in [2.75, 3.05) is 6.54 Å². The molecule has 2 saturated carbocycles. The van der Waals surface area contributed by atoms with Gasteiger partial charge in [-0.25, -0.2) is 13.2 Å². The van der Waals surface area contributed by atoms with Crippen LogP contribution in [0.5, 0.6) is 5.75 Å². The first-order valence-corrected chi connectivity index (χ1v) is 20.0. The van der Waals surface area contributed by atoms with E-state index in [1.165, 1.54) is 4.90 Å². The summed E-state index contributed by atoms with van der Waals surface area (Å²) in [4.78, 5) is 62.1. The van der Waals surface area contributed by atoms with Gasteiger partial charge in [-0.1, -0.05) is 50.1 Å². The predicted molar refractivity (Wildman–Crippen MR) is 193 cm³/mol. The maximum atomic E-state index is 14.7. The molecule has 280 valence electrons. The molecule has 6 atom stereocenters. The topological polar surface area (TPSA) is 173 Å². The third-order valence-corrected chi connectivity index (χ3v) is 12.9. The molecular weight excluding hydrogens is 687 g/mol. The summed E-state index contributed by atoms with van der Waals surface area (Å²) in [6.45, 7) is 7.39. The summed E-state index contributed by atoms with van der Waals surface area (Å²) in [6, 6.07) is 5.77. The van der Waals surface area contributed by atoms with Crippen LogP contribution in [0.25, 0.3) is 10.9 Å². The van der Waals surface area contributed by atoms with Crippen LogP contribution in [0, 0.1) is 11.8 Å². The van der Waals surface area contributed by atoms with E-state index in [4.69, 9.17) is 9.47 Å². The van der Waals surface area contributed by atoms with Crippen LogP contribution in [0.1, 0.15) is 91.0 Å². The van der Waals surface area contributed by atoms with Crippen LogP contribution in [-0.4, -0.2) is 82.7 Å². The van der Waals surface area contributed by atoms with Gasteiger partial charge in [-0.3, -0.25) is 24.1 Å². The summed E-state index contributed by atoms with van der Waals surface area (Å²) < 4.78 is 40.2. The number of hydrogen-bond acceptors (Lipinski definition) is 9. The van der Waals surface area contributed by atoms with Gasteiger partial charge in [-0.05, 0) is 77.7 Å². The Morgan fingerprint density at radius 2 is 1.87 bits per heavy atom. The molecule has 1 unspecified atom stereocenters. The second kappa shape index (κ2) is 13.3. The van der Waals surface area contributed by atoms with E-state index >= 15 is 0 Å². The lowest BCUT2D eigenvalue weighted by Crippen LogP contribution is -2.58. The average Bonchev–Trinajstić information content (AvgIpc) is 4.00. The van der Waals surface area contributed by atoms with Gasteiger partial charge in [-0.15, -0.1) is 0 Å². The van der Waals surface area contributed by atoms with Crippen LogP contribution in [0.4, 0.5) is 4.79 Å². The van der Waals surface area contributed by atoms with Crippen LogP contribution in [0.2, 0.25) is 0 Å². The van der Waals surface area contributed by atoms with Gasteiger partial charge in [0.2, 0.25) is 21.8 Å². The van der Waals surface area contributed by atoms with Crippen molar-refractivity contribution in [2.24, 2.45) is 11.8 Å². The number of hydrogen-bond donors (Lipinski definition) is 3. The van der Waals surface area contributed by atoms with Crippen molar-refractivity contribution >= 4 is 44.7 Å². The van der Waals surface area contributed by atoms with E-state index in [0.29, 0.717) is 50.7 Å². The van der Waals surface area contributed by atoms with Crippen molar-refractivity contribution in [1.82, 2.24) is 25.2 Å². The summed E-state index contributed by atoms with van der Waals surface area (Å²) >= 11 is 0. The van der Waals surface area contributed by atoms with Gasteiger partial charge in [0, 0.05) is 23.3 Å². The SMILES string of the molecule is CC1C/C=C\[C@@H]2C[C@@]2(C(=O)NS(=O)(=O)C2CC2)NC(=O)[C@@H]2C[C@]3(CCc4c(cnc5ccccc45)O3)CN2C(=O)[C@@H](NC(=O)OC(C)(C)C)CCC1. The van der Waals surface area contributed by atoms with Crippen LogP contribution in [0.15, 0.2) is 42.6 Å². The molecule has 14 heteroatoms. The molecule has 0 radical (unpaired) electrons. The molecule has 2 aromatic rings. The minimum absolute atomic E-state index is 0.0671.